The third-order valence-electron chi connectivity index (χ3n) is 9.41. The van der Waals surface area contributed by atoms with Crippen molar-refractivity contribution in [3.05, 3.63) is 52.7 Å². The van der Waals surface area contributed by atoms with Crippen molar-refractivity contribution in [3.8, 4) is 5.69 Å². The highest BCUT2D eigenvalue weighted by atomic mass is 16.4. The van der Waals surface area contributed by atoms with Crippen LogP contribution < -0.4 is 5.56 Å². The van der Waals surface area contributed by atoms with E-state index in [-0.39, 0.29) is 41.3 Å². The number of piperidine rings is 2. The van der Waals surface area contributed by atoms with Crippen molar-refractivity contribution >= 4 is 23.0 Å². The summed E-state index contributed by atoms with van der Waals surface area (Å²) in [4.78, 5) is 45.5. The average molecular weight is 577 g/mol. The van der Waals surface area contributed by atoms with Gasteiger partial charge in [-0.1, -0.05) is 32.9 Å². The van der Waals surface area contributed by atoms with E-state index in [0.717, 1.165) is 36.9 Å². The van der Waals surface area contributed by atoms with Crippen LogP contribution in [0.4, 0.5) is 4.79 Å². The summed E-state index contributed by atoms with van der Waals surface area (Å²) in [5.74, 6) is 0.606. The van der Waals surface area contributed by atoms with Crippen LogP contribution in [0.3, 0.4) is 0 Å². The Kier molecular flexibility index (Phi) is 7.11. The lowest BCUT2D eigenvalue weighted by Crippen LogP contribution is -2.51. The molecule has 2 saturated heterocycles. The quantitative estimate of drug-likeness (QED) is 0.474. The molecular formula is C31H40N6O5. The Hall–Kier alpha value is -3.73. The molecule has 1 aliphatic carbocycles. The number of nitrogens with zero attached hydrogens (tertiary/aromatic N) is 6. The first-order valence-electron chi connectivity index (χ1n) is 15.0. The van der Waals surface area contributed by atoms with Gasteiger partial charge in [0.1, 0.15) is 11.7 Å². The minimum absolute atomic E-state index is 0.0642. The molecule has 4 heterocycles. The maximum Gasteiger partial charge on any atom is 0.407 e. The Bertz CT molecular complexity index is 1540. The van der Waals surface area contributed by atoms with E-state index in [4.69, 9.17) is 0 Å². The fraction of sp³-hybridized carbons (Fsp3) is 0.581. The number of aliphatic hydroxyl groups is 1. The van der Waals surface area contributed by atoms with Crippen LogP contribution >= 0.6 is 0 Å². The number of hydrogen-bond donors (Lipinski definition) is 2. The van der Waals surface area contributed by atoms with E-state index >= 15 is 0 Å². The van der Waals surface area contributed by atoms with E-state index in [9.17, 15) is 24.6 Å². The lowest BCUT2D eigenvalue weighted by molar-refractivity contribution is -0.137. The fourth-order valence-corrected chi connectivity index (χ4v) is 6.66. The Balaban J connectivity index is 1.16. The van der Waals surface area contributed by atoms with Gasteiger partial charge in [-0.25, -0.2) is 14.5 Å². The third kappa shape index (κ3) is 5.42. The predicted octanol–water partition coefficient (Wildman–Crippen LogP) is 3.62. The summed E-state index contributed by atoms with van der Waals surface area (Å²) in [6.07, 6.45) is 6.44. The molecule has 3 aromatic rings. The van der Waals surface area contributed by atoms with Crippen molar-refractivity contribution in [1.82, 2.24) is 29.1 Å². The summed E-state index contributed by atoms with van der Waals surface area (Å²) >= 11 is 0. The van der Waals surface area contributed by atoms with Crippen molar-refractivity contribution in [3.63, 3.8) is 0 Å². The van der Waals surface area contributed by atoms with Crippen molar-refractivity contribution in [2.24, 2.45) is 11.3 Å². The number of carbonyl (C=O) groups is 2. The zero-order valence-corrected chi connectivity index (χ0v) is 24.6. The van der Waals surface area contributed by atoms with E-state index in [0.29, 0.717) is 43.5 Å². The summed E-state index contributed by atoms with van der Waals surface area (Å²) < 4.78 is 3.09. The lowest BCUT2D eigenvalue weighted by atomic mass is 9.75. The Labute approximate surface area is 244 Å². The minimum Gasteiger partial charge on any atom is -0.465 e. The first-order chi connectivity index (χ1) is 19.9. The summed E-state index contributed by atoms with van der Waals surface area (Å²) in [6, 6.07) is 7.97. The van der Waals surface area contributed by atoms with Crippen LogP contribution in [-0.4, -0.2) is 82.6 Å². The molecular weight excluding hydrogens is 536 g/mol. The zero-order valence-electron chi connectivity index (χ0n) is 24.6. The van der Waals surface area contributed by atoms with Crippen molar-refractivity contribution < 1.29 is 19.8 Å². The molecule has 11 heteroatoms. The first-order valence-corrected chi connectivity index (χ1v) is 15.0. The van der Waals surface area contributed by atoms with Gasteiger partial charge in [0.2, 0.25) is 5.91 Å². The largest absolute Gasteiger partial charge is 0.465 e. The summed E-state index contributed by atoms with van der Waals surface area (Å²) in [7, 11) is 0. The van der Waals surface area contributed by atoms with Gasteiger partial charge in [-0.15, -0.1) is 0 Å². The molecule has 2 unspecified atom stereocenters. The Morgan fingerprint density at radius 2 is 1.74 bits per heavy atom. The molecule has 3 aliphatic rings. The molecule has 2 aromatic heterocycles. The van der Waals surface area contributed by atoms with E-state index < -0.39 is 11.7 Å². The topological polar surface area (TPSA) is 134 Å². The number of carboxylic acid groups (broad SMARTS) is 1. The molecule has 11 nitrogen and oxygen atoms in total. The van der Waals surface area contributed by atoms with Crippen LogP contribution in [-0.2, 0) is 11.3 Å². The number of amides is 2. The fourth-order valence-electron chi connectivity index (χ4n) is 6.66. The van der Waals surface area contributed by atoms with Crippen LogP contribution in [0.25, 0.3) is 16.7 Å². The van der Waals surface area contributed by atoms with Gasteiger partial charge in [-0.05, 0) is 67.6 Å². The highest BCUT2D eigenvalue weighted by molar-refractivity contribution is 5.81. The number of benzene rings is 1. The summed E-state index contributed by atoms with van der Waals surface area (Å²) in [5.41, 5.74) is 0.890. The van der Waals surface area contributed by atoms with Gasteiger partial charge in [0, 0.05) is 31.6 Å². The molecule has 1 saturated carbocycles. The summed E-state index contributed by atoms with van der Waals surface area (Å²) in [6.45, 7) is 7.89. The van der Waals surface area contributed by atoms with Crippen LogP contribution in [0, 0.1) is 11.3 Å². The van der Waals surface area contributed by atoms with Crippen LogP contribution in [0.15, 0.2) is 41.6 Å². The number of carbonyl (C=O) groups excluding carboxylic acids is 1. The number of aromatic nitrogens is 4. The Morgan fingerprint density at radius 1 is 1.05 bits per heavy atom. The van der Waals surface area contributed by atoms with Gasteiger partial charge in [0.05, 0.1) is 24.0 Å². The third-order valence-corrected chi connectivity index (χ3v) is 9.41. The van der Waals surface area contributed by atoms with Crippen LogP contribution in [0.5, 0.6) is 0 Å². The molecule has 2 aliphatic heterocycles. The van der Waals surface area contributed by atoms with E-state index in [1.165, 1.54) is 17.1 Å². The van der Waals surface area contributed by atoms with Crippen molar-refractivity contribution in [1.29, 1.82) is 0 Å². The molecule has 0 radical (unpaired) electrons. The predicted molar refractivity (Wildman–Crippen MR) is 157 cm³/mol. The molecule has 2 amide bonds. The second-order valence-electron chi connectivity index (χ2n) is 13.5. The number of likely N-dealkylation sites (tertiary alicyclic amines) is 2. The highest BCUT2D eigenvalue weighted by Crippen LogP contribution is 2.39. The molecule has 1 aromatic carbocycles. The normalized spacial score (nSPS) is 22.9. The number of fused-ring (bicyclic) bond motifs is 1. The molecule has 3 fully saturated rings. The number of rotatable bonds is 5. The summed E-state index contributed by atoms with van der Waals surface area (Å²) in [5, 5.41) is 25.7. The second-order valence-corrected chi connectivity index (χ2v) is 13.5. The molecule has 2 N–H and O–H groups in total. The van der Waals surface area contributed by atoms with Crippen LogP contribution in [0.2, 0.25) is 0 Å². The minimum atomic E-state index is -1.07. The van der Waals surface area contributed by atoms with Crippen molar-refractivity contribution in [2.75, 3.05) is 19.6 Å². The molecule has 0 bridgehead atoms. The van der Waals surface area contributed by atoms with Gasteiger partial charge >= 0.3 is 6.09 Å². The molecule has 224 valence electrons. The maximum absolute atomic E-state index is 13.4. The second kappa shape index (κ2) is 10.5. The zero-order chi connectivity index (χ0) is 29.8. The van der Waals surface area contributed by atoms with E-state index in [2.05, 4.69) is 43.0 Å². The van der Waals surface area contributed by atoms with Gasteiger partial charge in [0.25, 0.3) is 5.56 Å². The lowest BCUT2D eigenvalue weighted by Gasteiger charge is -2.44. The number of hydrogen-bond acceptors (Lipinski definition) is 6. The maximum atomic E-state index is 13.4. The average Bonchev–Trinajstić information content (AvgIpc) is 3.72. The van der Waals surface area contributed by atoms with E-state index in [1.807, 2.05) is 17.0 Å². The van der Waals surface area contributed by atoms with E-state index in [1.54, 1.807) is 9.58 Å². The van der Waals surface area contributed by atoms with Crippen molar-refractivity contribution in [2.45, 2.75) is 83.4 Å². The monoisotopic (exact) mass is 576 g/mol. The van der Waals surface area contributed by atoms with Crippen LogP contribution in [0.1, 0.15) is 70.8 Å². The Morgan fingerprint density at radius 3 is 2.36 bits per heavy atom. The van der Waals surface area contributed by atoms with Gasteiger partial charge in [-0.3, -0.25) is 14.2 Å². The SMILES string of the molecule is CC(C)(C)C1CC(c2ccc(-n3ncc4c(=O)n(CC5(O)CCN(C(=O)C6CC6)CC5)cnc43)cc2)CCN1C(=O)O. The first kappa shape index (κ1) is 28.4. The molecule has 42 heavy (non-hydrogen) atoms. The molecule has 6 rings (SSSR count). The highest BCUT2D eigenvalue weighted by Gasteiger charge is 2.40. The van der Waals surface area contributed by atoms with Gasteiger partial charge < -0.3 is 20.0 Å². The molecule has 2 atom stereocenters. The van der Waals surface area contributed by atoms with Gasteiger partial charge in [-0.2, -0.15) is 5.10 Å². The molecule has 0 spiro atoms. The van der Waals surface area contributed by atoms with Gasteiger partial charge in [0.15, 0.2) is 5.65 Å². The smallest absolute Gasteiger partial charge is 0.407 e. The standard InChI is InChI=1S/C31H40N6O5/c1-30(2,3)25-16-22(10-13-36(25)29(40)41)20-6-8-23(9-7-20)37-26-24(17-33-37)28(39)35(19-32-26)18-31(42)11-14-34(15-12-31)27(38)21-4-5-21/h6-9,17,19,21-22,25,42H,4-5,10-16,18H2,1-3H3,(H,40,41).